The Morgan fingerprint density at radius 1 is 1.05 bits per heavy atom. The van der Waals surface area contributed by atoms with Gasteiger partial charge in [0, 0.05) is 11.5 Å². The van der Waals surface area contributed by atoms with E-state index in [2.05, 4.69) is 0 Å². The average molecular weight is 281 g/mol. The summed E-state index contributed by atoms with van der Waals surface area (Å²) in [5.41, 5.74) is 1.00. The fraction of sp³-hybridized carbons (Fsp3) is 0.0625. The predicted molar refractivity (Wildman–Crippen MR) is 79.3 cm³/mol. The Morgan fingerprint density at radius 2 is 1.81 bits per heavy atom. The normalized spacial score (nSPS) is 10.7. The summed E-state index contributed by atoms with van der Waals surface area (Å²) in [7, 11) is 0. The minimum absolute atomic E-state index is 0.0995. The maximum Gasteiger partial charge on any atom is 0.344 e. The van der Waals surface area contributed by atoms with Gasteiger partial charge in [0.1, 0.15) is 5.58 Å². The van der Waals surface area contributed by atoms with Crippen molar-refractivity contribution in [2.24, 2.45) is 0 Å². The van der Waals surface area contributed by atoms with Crippen LogP contribution in [0.4, 0.5) is 5.69 Å². The summed E-state index contributed by atoms with van der Waals surface area (Å²) < 4.78 is 5.23. The zero-order valence-electron chi connectivity index (χ0n) is 11.2. The quantitative estimate of drug-likeness (QED) is 0.408. The number of nitrogens with zero attached hydrogens (tertiary/aromatic N) is 1. The number of benzene rings is 2. The second-order valence-corrected chi connectivity index (χ2v) is 4.76. The van der Waals surface area contributed by atoms with Gasteiger partial charge < -0.3 is 4.42 Å². The Hall–Kier alpha value is -2.95. The molecule has 0 aliphatic carbocycles. The first-order valence-corrected chi connectivity index (χ1v) is 6.34. The van der Waals surface area contributed by atoms with E-state index in [1.807, 2.05) is 6.07 Å². The molecule has 0 spiro atoms. The van der Waals surface area contributed by atoms with Crippen LogP contribution in [0, 0.1) is 17.0 Å². The standard InChI is InChI=1S/C16H11NO4/c1-10-6-7-12(14(8-10)17(19)20)13-9-11-4-2-3-5-15(11)21-16(13)18/h2-9H,1H3. The third-order valence-corrected chi connectivity index (χ3v) is 3.28. The summed E-state index contributed by atoms with van der Waals surface area (Å²) in [6.07, 6.45) is 0. The molecule has 0 bridgehead atoms. The molecule has 1 aromatic heterocycles. The van der Waals surface area contributed by atoms with Crippen molar-refractivity contribution in [3.05, 3.63) is 74.6 Å². The molecule has 5 heteroatoms. The highest BCUT2D eigenvalue weighted by molar-refractivity contribution is 5.83. The fourth-order valence-corrected chi connectivity index (χ4v) is 2.27. The van der Waals surface area contributed by atoms with Crippen LogP contribution >= 0.6 is 0 Å². The number of para-hydroxylation sites is 1. The molecule has 0 aliphatic rings. The average Bonchev–Trinajstić information content (AvgIpc) is 2.46. The molecule has 0 saturated heterocycles. The van der Waals surface area contributed by atoms with Crippen molar-refractivity contribution >= 4 is 16.7 Å². The molecule has 0 radical (unpaired) electrons. The van der Waals surface area contributed by atoms with Gasteiger partial charge >= 0.3 is 5.63 Å². The molecule has 2 aromatic carbocycles. The highest BCUT2D eigenvalue weighted by Crippen LogP contribution is 2.30. The molecule has 0 atom stereocenters. The molecule has 5 nitrogen and oxygen atoms in total. The molecule has 3 rings (SSSR count). The number of nitro benzene ring substituents is 1. The van der Waals surface area contributed by atoms with Crippen molar-refractivity contribution in [2.45, 2.75) is 6.92 Å². The lowest BCUT2D eigenvalue weighted by Gasteiger charge is -2.04. The molecule has 0 unspecified atom stereocenters. The van der Waals surface area contributed by atoms with Gasteiger partial charge in [0.2, 0.25) is 0 Å². The van der Waals surface area contributed by atoms with Crippen molar-refractivity contribution < 1.29 is 9.34 Å². The lowest BCUT2D eigenvalue weighted by molar-refractivity contribution is -0.384. The molecule has 0 saturated carbocycles. The number of rotatable bonds is 2. The van der Waals surface area contributed by atoms with Crippen LogP contribution in [-0.4, -0.2) is 4.92 Å². The third kappa shape index (κ3) is 2.29. The van der Waals surface area contributed by atoms with E-state index in [1.54, 1.807) is 43.3 Å². The Bertz CT molecular complexity index is 912. The third-order valence-electron chi connectivity index (χ3n) is 3.28. The number of hydrogen-bond acceptors (Lipinski definition) is 4. The smallest absolute Gasteiger partial charge is 0.344 e. The lowest BCUT2D eigenvalue weighted by atomic mass is 10.0. The Labute approximate surface area is 119 Å². The van der Waals surface area contributed by atoms with Gasteiger partial charge in [-0.1, -0.05) is 24.3 Å². The number of hydrogen-bond donors (Lipinski definition) is 0. The fourth-order valence-electron chi connectivity index (χ4n) is 2.27. The second kappa shape index (κ2) is 4.86. The van der Waals surface area contributed by atoms with Gasteiger partial charge in [-0.15, -0.1) is 0 Å². The summed E-state index contributed by atoms with van der Waals surface area (Å²) in [4.78, 5) is 22.8. The SMILES string of the molecule is Cc1ccc(-c2cc3ccccc3oc2=O)c([N+](=O)[O-])c1. The van der Waals surface area contributed by atoms with E-state index in [9.17, 15) is 14.9 Å². The minimum Gasteiger partial charge on any atom is -0.422 e. The van der Waals surface area contributed by atoms with Gasteiger partial charge in [-0.05, 0) is 30.7 Å². The molecular formula is C16H11NO4. The van der Waals surface area contributed by atoms with Gasteiger partial charge in [0.15, 0.2) is 0 Å². The maximum atomic E-state index is 12.1. The topological polar surface area (TPSA) is 73.3 Å². The monoisotopic (exact) mass is 281 g/mol. The van der Waals surface area contributed by atoms with Crippen LogP contribution in [0.25, 0.3) is 22.1 Å². The lowest BCUT2D eigenvalue weighted by Crippen LogP contribution is -2.04. The summed E-state index contributed by atoms with van der Waals surface area (Å²) in [6.45, 7) is 1.76. The van der Waals surface area contributed by atoms with Crippen LogP contribution < -0.4 is 5.63 Å². The van der Waals surface area contributed by atoms with E-state index in [1.165, 1.54) is 6.07 Å². The summed E-state index contributed by atoms with van der Waals surface area (Å²) in [6, 6.07) is 13.4. The largest absolute Gasteiger partial charge is 0.422 e. The van der Waals surface area contributed by atoms with Crippen molar-refractivity contribution in [1.82, 2.24) is 0 Å². The minimum atomic E-state index is -0.583. The maximum absolute atomic E-state index is 12.1. The first kappa shape index (κ1) is 13.1. The first-order valence-electron chi connectivity index (χ1n) is 6.34. The van der Waals surface area contributed by atoms with Crippen LogP contribution in [0.2, 0.25) is 0 Å². The van der Waals surface area contributed by atoms with E-state index >= 15 is 0 Å². The van der Waals surface area contributed by atoms with Crippen LogP contribution in [0.5, 0.6) is 0 Å². The van der Waals surface area contributed by atoms with Gasteiger partial charge in [-0.2, -0.15) is 0 Å². The van der Waals surface area contributed by atoms with Crippen LogP contribution in [0.15, 0.2) is 57.7 Å². The zero-order chi connectivity index (χ0) is 15.0. The molecule has 1 heterocycles. The van der Waals surface area contributed by atoms with Crippen molar-refractivity contribution in [3.8, 4) is 11.1 Å². The summed E-state index contributed by atoms with van der Waals surface area (Å²) in [5, 5.41) is 11.9. The second-order valence-electron chi connectivity index (χ2n) is 4.76. The van der Waals surface area contributed by atoms with Crippen molar-refractivity contribution in [1.29, 1.82) is 0 Å². The van der Waals surface area contributed by atoms with Gasteiger partial charge in [-0.3, -0.25) is 10.1 Å². The van der Waals surface area contributed by atoms with Crippen molar-refractivity contribution in [3.63, 3.8) is 0 Å². The molecule has 0 fully saturated rings. The predicted octanol–water partition coefficient (Wildman–Crippen LogP) is 3.68. The Morgan fingerprint density at radius 3 is 2.57 bits per heavy atom. The number of nitro groups is 1. The van der Waals surface area contributed by atoms with Crippen LogP contribution in [0.3, 0.4) is 0 Å². The van der Waals surface area contributed by atoms with Gasteiger partial charge in [-0.25, -0.2) is 4.79 Å². The zero-order valence-corrected chi connectivity index (χ0v) is 11.2. The van der Waals surface area contributed by atoms with Crippen LogP contribution in [-0.2, 0) is 0 Å². The summed E-state index contributed by atoms with van der Waals surface area (Å²) >= 11 is 0. The molecule has 0 aliphatic heterocycles. The van der Waals surface area contributed by atoms with E-state index in [4.69, 9.17) is 4.42 Å². The van der Waals surface area contributed by atoms with Gasteiger partial charge in [0.05, 0.1) is 16.1 Å². The van der Waals surface area contributed by atoms with E-state index in [-0.39, 0.29) is 16.8 Å². The molecule has 21 heavy (non-hydrogen) atoms. The summed E-state index contributed by atoms with van der Waals surface area (Å²) in [5.74, 6) is 0. The number of aryl methyl sites for hydroxylation is 1. The van der Waals surface area contributed by atoms with E-state index < -0.39 is 10.5 Å². The van der Waals surface area contributed by atoms with E-state index in [0.717, 1.165) is 10.9 Å². The van der Waals surface area contributed by atoms with Gasteiger partial charge in [0.25, 0.3) is 5.69 Å². The number of fused-ring (bicyclic) bond motifs is 1. The molecule has 0 N–H and O–H groups in total. The molecule has 0 amide bonds. The molecular weight excluding hydrogens is 270 g/mol. The molecule has 3 aromatic rings. The van der Waals surface area contributed by atoms with Crippen LogP contribution in [0.1, 0.15) is 5.56 Å². The van der Waals surface area contributed by atoms with Crippen molar-refractivity contribution in [2.75, 3.05) is 0 Å². The first-order chi connectivity index (χ1) is 10.1. The van der Waals surface area contributed by atoms with E-state index in [0.29, 0.717) is 5.58 Å². The highest BCUT2D eigenvalue weighted by atomic mass is 16.6. The Balaban J connectivity index is 2.33. The Kier molecular flexibility index (Phi) is 3.02. The highest BCUT2D eigenvalue weighted by Gasteiger charge is 2.19. The molecule has 104 valence electrons.